The molecule has 0 spiro atoms. The Morgan fingerprint density at radius 2 is 1.81 bits per heavy atom. The highest BCUT2D eigenvalue weighted by Gasteiger charge is 2.62. The van der Waals surface area contributed by atoms with Gasteiger partial charge in [-0.1, -0.05) is 26.3 Å². The summed E-state index contributed by atoms with van der Waals surface area (Å²) < 4.78 is 27.9. The maximum absolute atomic E-state index is 13.2. The molecule has 3 fully saturated rings. The number of fused-ring (bicyclic) bond motifs is 1. The zero-order valence-corrected chi connectivity index (χ0v) is 17.6. The van der Waals surface area contributed by atoms with Crippen LogP contribution in [0.4, 0.5) is 0 Å². The van der Waals surface area contributed by atoms with Crippen LogP contribution in [0.1, 0.15) is 56.0 Å². The zero-order valence-electron chi connectivity index (χ0n) is 16.7. The van der Waals surface area contributed by atoms with Crippen LogP contribution in [0.2, 0.25) is 0 Å². The summed E-state index contributed by atoms with van der Waals surface area (Å²) in [5.41, 5.74) is 1.71. The summed E-state index contributed by atoms with van der Waals surface area (Å²) in [5, 5.41) is 0. The van der Waals surface area contributed by atoms with Crippen LogP contribution in [0.3, 0.4) is 0 Å². The van der Waals surface area contributed by atoms with Crippen LogP contribution in [0.5, 0.6) is 0 Å². The predicted molar refractivity (Wildman–Crippen MR) is 105 cm³/mol. The van der Waals surface area contributed by atoms with Gasteiger partial charge in [0, 0.05) is 31.2 Å². The first-order chi connectivity index (χ1) is 12.6. The van der Waals surface area contributed by atoms with Gasteiger partial charge in [0.25, 0.3) is 5.91 Å². The molecule has 27 heavy (non-hydrogen) atoms. The molecule has 6 heteroatoms. The highest BCUT2D eigenvalue weighted by Crippen LogP contribution is 2.62. The Labute approximate surface area is 162 Å². The van der Waals surface area contributed by atoms with Crippen molar-refractivity contribution in [3.8, 4) is 0 Å². The van der Waals surface area contributed by atoms with Crippen molar-refractivity contribution in [2.75, 3.05) is 19.6 Å². The molecule has 0 bridgehead atoms. The smallest absolute Gasteiger partial charge is 0.254 e. The number of sulfonamides is 1. The van der Waals surface area contributed by atoms with Crippen molar-refractivity contribution in [3.63, 3.8) is 0 Å². The fourth-order valence-electron chi connectivity index (χ4n) is 5.02. The molecule has 0 aromatic heterocycles. The Kier molecular flexibility index (Phi) is 4.43. The number of rotatable bonds is 3. The Morgan fingerprint density at radius 3 is 2.44 bits per heavy atom. The van der Waals surface area contributed by atoms with E-state index in [4.69, 9.17) is 0 Å². The van der Waals surface area contributed by atoms with Gasteiger partial charge in [-0.05, 0) is 61.6 Å². The third-order valence-electron chi connectivity index (χ3n) is 7.20. The number of piperidine rings is 2. The summed E-state index contributed by atoms with van der Waals surface area (Å²) in [5.74, 6) is 1.14. The van der Waals surface area contributed by atoms with Crippen LogP contribution in [0, 0.1) is 24.2 Å². The maximum Gasteiger partial charge on any atom is 0.254 e. The summed E-state index contributed by atoms with van der Waals surface area (Å²) in [4.78, 5) is 15.2. The lowest BCUT2D eigenvalue weighted by molar-refractivity contribution is 0.0757. The maximum atomic E-state index is 13.2. The molecule has 5 nitrogen and oxygen atoms in total. The van der Waals surface area contributed by atoms with Crippen LogP contribution >= 0.6 is 0 Å². The van der Waals surface area contributed by atoms with Crippen LogP contribution in [-0.4, -0.2) is 49.2 Å². The lowest BCUT2D eigenvalue weighted by Crippen LogP contribution is -2.42. The standard InChI is InChI=1S/C21H30N2O3S/c1-14-8-9-16(27(25,26)23-10-6-5-7-15(23)2)11-17(14)20(24)22-12-18-19(13-22)21(18,3)4/h8-9,11,15,18-19H,5-7,10,12-13H2,1-4H3. The van der Waals surface area contributed by atoms with Gasteiger partial charge < -0.3 is 4.90 Å². The second-order valence-corrected chi connectivity index (χ2v) is 11.1. The SMILES string of the molecule is Cc1ccc(S(=O)(=O)N2CCCCC2C)cc1C(=O)N1CC2C(C1)C2(C)C. The minimum Gasteiger partial charge on any atom is -0.338 e. The van der Waals surface area contributed by atoms with E-state index in [1.165, 1.54) is 0 Å². The van der Waals surface area contributed by atoms with E-state index in [1.54, 1.807) is 22.5 Å². The molecule has 2 saturated heterocycles. The molecule has 3 unspecified atom stereocenters. The Hall–Kier alpha value is -1.40. The molecule has 1 aromatic carbocycles. The van der Waals surface area contributed by atoms with E-state index in [-0.39, 0.29) is 16.8 Å². The second-order valence-electron chi connectivity index (χ2n) is 9.18. The first-order valence-corrected chi connectivity index (χ1v) is 11.5. The van der Waals surface area contributed by atoms with Crippen LogP contribution in [0.25, 0.3) is 0 Å². The van der Waals surface area contributed by atoms with E-state index in [1.807, 2.05) is 18.7 Å². The molecule has 0 radical (unpaired) electrons. The van der Waals surface area contributed by atoms with Gasteiger partial charge in [0.15, 0.2) is 0 Å². The molecular formula is C21H30N2O3S. The molecular weight excluding hydrogens is 360 g/mol. The number of carbonyl (C=O) groups is 1. The predicted octanol–water partition coefficient (Wildman–Crippen LogP) is 3.29. The van der Waals surface area contributed by atoms with Crippen molar-refractivity contribution >= 4 is 15.9 Å². The Balaban J connectivity index is 1.59. The molecule has 0 N–H and O–H groups in total. The largest absolute Gasteiger partial charge is 0.338 e. The van der Waals surface area contributed by atoms with Crippen LogP contribution in [0.15, 0.2) is 23.1 Å². The zero-order chi connectivity index (χ0) is 19.6. The minimum absolute atomic E-state index is 0.0112. The molecule has 4 rings (SSSR count). The number of likely N-dealkylation sites (tertiary alicyclic amines) is 1. The topological polar surface area (TPSA) is 57.7 Å². The van der Waals surface area contributed by atoms with Crippen molar-refractivity contribution in [1.82, 2.24) is 9.21 Å². The fraction of sp³-hybridized carbons (Fsp3) is 0.667. The summed E-state index contributed by atoms with van der Waals surface area (Å²) in [6.07, 6.45) is 2.86. The van der Waals surface area contributed by atoms with E-state index in [9.17, 15) is 13.2 Å². The van der Waals surface area contributed by atoms with Crippen LogP contribution < -0.4 is 0 Å². The summed E-state index contributed by atoms with van der Waals surface area (Å²) in [6.45, 7) is 10.5. The Morgan fingerprint density at radius 1 is 1.15 bits per heavy atom. The molecule has 1 saturated carbocycles. The minimum atomic E-state index is -3.57. The summed E-state index contributed by atoms with van der Waals surface area (Å²) in [6, 6.07) is 5.03. The van der Waals surface area contributed by atoms with Crippen molar-refractivity contribution in [1.29, 1.82) is 0 Å². The van der Waals surface area contributed by atoms with Gasteiger partial charge in [0.1, 0.15) is 0 Å². The van der Waals surface area contributed by atoms with Gasteiger partial charge in [-0.3, -0.25) is 4.79 Å². The lowest BCUT2D eigenvalue weighted by atomic mass is 10.0. The third kappa shape index (κ3) is 3.01. The van der Waals surface area contributed by atoms with Crippen LogP contribution in [-0.2, 0) is 10.0 Å². The van der Waals surface area contributed by atoms with E-state index < -0.39 is 10.0 Å². The highest BCUT2D eigenvalue weighted by molar-refractivity contribution is 7.89. The monoisotopic (exact) mass is 390 g/mol. The number of aryl methyl sites for hydroxylation is 1. The average molecular weight is 391 g/mol. The van der Waals surface area contributed by atoms with Gasteiger partial charge in [-0.15, -0.1) is 0 Å². The second kappa shape index (κ2) is 6.31. The summed E-state index contributed by atoms with van der Waals surface area (Å²) in [7, 11) is -3.57. The number of carbonyl (C=O) groups excluding carboxylic acids is 1. The van der Waals surface area contributed by atoms with Gasteiger partial charge in [0.05, 0.1) is 4.90 Å². The summed E-state index contributed by atoms with van der Waals surface area (Å²) >= 11 is 0. The first kappa shape index (κ1) is 18.9. The number of hydrogen-bond donors (Lipinski definition) is 0. The van der Waals surface area contributed by atoms with E-state index in [0.717, 1.165) is 37.9 Å². The third-order valence-corrected chi connectivity index (χ3v) is 9.21. The fourth-order valence-corrected chi connectivity index (χ4v) is 6.75. The van der Waals surface area contributed by atoms with E-state index >= 15 is 0 Å². The molecule has 1 aromatic rings. The van der Waals surface area contributed by atoms with Gasteiger partial charge >= 0.3 is 0 Å². The first-order valence-electron chi connectivity index (χ1n) is 10.1. The van der Waals surface area contributed by atoms with Crippen molar-refractivity contribution < 1.29 is 13.2 Å². The molecule has 3 aliphatic rings. The number of benzene rings is 1. The number of amides is 1. The average Bonchev–Trinajstić information content (AvgIpc) is 2.98. The van der Waals surface area contributed by atoms with Crippen molar-refractivity contribution in [2.24, 2.45) is 17.3 Å². The Bertz CT molecular complexity index is 863. The van der Waals surface area contributed by atoms with E-state index in [0.29, 0.717) is 29.4 Å². The van der Waals surface area contributed by atoms with E-state index in [2.05, 4.69) is 13.8 Å². The molecule has 2 heterocycles. The highest BCUT2D eigenvalue weighted by atomic mass is 32.2. The number of hydrogen-bond acceptors (Lipinski definition) is 3. The van der Waals surface area contributed by atoms with Crippen molar-refractivity contribution in [2.45, 2.75) is 57.9 Å². The molecule has 3 atom stereocenters. The molecule has 1 aliphatic carbocycles. The normalized spacial score (nSPS) is 30.2. The van der Waals surface area contributed by atoms with Gasteiger partial charge in [0.2, 0.25) is 10.0 Å². The number of nitrogens with zero attached hydrogens (tertiary/aromatic N) is 2. The van der Waals surface area contributed by atoms with Gasteiger partial charge in [-0.2, -0.15) is 4.31 Å². The molecule has 2 aliphatic heterocycles. The molecule has 1 amide bonds. The quantitative estimate of drug-likeness (QED) is 0.796. The molecule has 148 valence electrons. The van der Waals surface area contributed by atoms with Crippen molar-refractivity contribution in [3.05, 3.63) is 29.3 Å². The lowest BCUT2D eigenvalue weighted by Gasteiger charge is -2.32. The van der Waals surface area contributed by atoms with Gasteiger partial charge in [-0.25, -0.2) is 8.42 Å².